The van der Waals surface area contributed by atoms with E-state index in [4.69, 9.17) is 16.1 Å². The fraction of sp³-hybridized carbons (Fsp3) is 0.474. The molecular weight excluding hydrogens is 355 g/mol. The fourth-order valence-corrected chi connectivity index (χ4v) is 3.17. The maximum Gasteiger partial charge on any atom is 0.191 e. The summed E-state index contributed by atoms with van der Waals surface area (Å²) >= 11 is 6.16. The lowest BCUT2D eigenvalue weighted by Gasteiger charge is -2.11. The van der Waals surface area contributed by atoms with Crippen molar-refractivity contribution < 1.29 is 8.91 Å². The number of aromatic nitrogens is 1. The van der Waals surface area contributed by atoms with Gasteiger partial charge in [0.2, 0.25) is 0 Å². The molecule has 1 fully saturated rings. The van der Waals surface area contributed by atoms with Gasteiger partial charge < -0.3 is 15.2 Å². The van der Waals surface area contributed by atoms with Crippen LogP contribution in [0.3, 0.4) is 0 Å². The molecule has 7 heteroatoms. The molecule has 0 radical (unpaired) electrons. The largest absolute Gasteiger partial charge is 0.359 e. The van der Waals surface area contributed by atoms with Crippen LogP contribution in [0.1, 0.15) is 56.0 Å². The summed E-state index contributed by atoms with van der Waals surface area (Å²) in [6, 6.07) is 6.84. The Morgan fingerprint density at radius 3 is 2.92 bits per heavy atom. The SMILES string of the molecule is CCNC(=NCc1cc(C(C)C)no1)NC1CC1c1c(F)cccc1Cl. The Kier molecular flexibility index (Phi) is 5.81. The maximum absolute atomic E-state index is 14.1. The van der Waals surface area contributed by atoms with Crippen LogP contribution in [0.15, 0.2) is 33.8 Å². The quantitative estimate of drug-likeness (QED) is 0.584. The van der Waals surface area contributed by atoms with Gasteiger partial charge in [-0.05, 0) is 31.4 Å². The highest BCUT2D eigenvalue weighted by Crippen LogP contribution is 2.44. The van der Waals surface area contributed by atoms with Gasteiger partial charge in [0, 0.05) is 35.2 Å². The van der Waals surface area contributed by atoms with Gasteiger partial charge in [-0.3, -0.25) is 0 Å². The third kappa shape index (κ3) is 4.36. The van der Waals surface area contributed by atoms with E-state index in [1.807, 2.05) is 13.0 Å². The van der Waals surface area contributed by atoms with E-state index in [-0.39, 0.29) is 17.8 Å². The average molecular weight is 379 g/mol. The molecule has 0 saturated heterocycles. The molecule has 1 aliphatic rings. The predicted molar refractivity (Wildman–Crippen MR) is 101 cm³/mol. The average Bonchev–Trinajstić information content (AvgIpc) is 3.16. The molecule has 0 amide bonds. The van der Waals surface area contributed by atoms with E-state index in [0.29, 0.717) is 29.0 Å². The second-order valence-corrected chi connectivity index (χ2v) is 7.20. The number of nitrogens with one attached hydrogen (secondary N) is 2. The third-order valence-corrected chi connectivity index (χ3v) is 4.72. The summed E-state index contributed by atoms with van der Waals surface area (Å²) in [6.45, 7) is 7.26. The van der Waals surface area contributed by atoms with E-state index < -0.39 is 0 Å². The molecule has 2 atom stereocenters. The van der Waals surface area contributed by atoms with Gasteiger partial charge in [-0.15, -0.1) is 0 Å². The zero-order valence-corrected chi connectivity index (χ0v) is 16.0. The molecule has 1 aromatic heterocycles. The molecule has 140 valence electrons. The second-order valence-electron chi connectivity index (χ2n) is 6.80. The lowest BCUT2D eigenvalue weighted by molar-refractivity contribution is 0.376. The Morgan fingerprint density at radius 2 is 2.27 bits per heavy atom. The van der Waals surface area contributed by atoms with Gasteiger partial charge in [0.25, 0.3) is 0 Å². The molecule has 26 heavy (non-hydrogen) atoms. The molecule has 0 aliphatic heterocycles. The molecule has 3 rings (SSSR count). The van der Waals surface area contributed by atoms with Gasteiger partial charge >= 0.3 is 0 Å². The number of guanidine groups is 1. The highest BCUT2D eigenvalue weighted by Gasteiger charge is 2.41. The van der Waals surface area contributed by atoms with Crippen LogP contribution < -0.4 is 10.6 Å². The van der Waals surface area contributed by atoms with Crippen LogP contribution >= 0.6 is 11.6 Å². The molecule has 5 nitrogen and oxygen atoms in total. The molecule has 0 spiro atoms. The Morgan fingerprint density at radius 1 is 1.46 bits per heavy atom. The Hall–Kier alpha value is -2.08. The highest BCUT2D eigenvalue weighted by atomic mass is 35.5. The molecule has 2 aromatic rings. The number of hydrogen-bond donors (Lipinski definition) is 2. The topological polar surface area (TPSA) is 62.5 Å². The monoisotopic (exact) mass is 378 g/mol. The summed E-state index contributed by atoms with van der Waals surface area (Å²) in [5.41, 5.74) is 1.50. The van der Waals surface area contributed by atoms with Crippen molar-refractivity contribution in [2.75, 3.05) is 6.54 Å². The molecule has 1 aromatic carbocycles. The van der Waals surface area contributed by atoms with Crippen LogP contribution in [0.25, 0.3) is 0 Å². The lowest BCUT2D eigenvalue weighted by Crippen LogP contribution is -2.39. The fourth-order valence-electron chi connectivity index (χ4n) is 2.87. The van der Waals surface area contributed by atoms with Gasteiger partial charge in [0.1, 0.15) is 12.4 Å². The molecule has 1 heterocycles. The van der Waals surface area contributed by atoms with Gasteiger partial charge in [-0.2, -0.15) is 0 Å². The maximum atomic E-state index is 14.1. The molecule has 2 unspecified atom stereocenters. The number of hydrogen-bond acceptors (Lipinski definition) is 3. The van der Waals surface area contributed by atoms with Crippen molar-refractivity contribution in [3.05, 3.63) is 52.1 Å². The van der Waals surface area contributed by atoms with Crippen molar-refractivity contribution in [3.8, 4) is 0 Å². The summed E-state index contributed by atoms with van der Waals surface area (Å²) < 4.78 is 19.4. The molecule has 1 aliphatic carbocycles. The Bertz CT molecular complexity index is 769. The van der Waals surface area contributed by atoms with Crippen molar-refractivity contribution in [2.45, 2.75) is 51.6 Å². The molecule has 0 bridgehead atoms. The van der Waals surface area contributed by atoms with Gasteiger partial charge in [-0.25, -0.2) is 9.38 Å². The summed E-state index contributed by atoms with van der Waals surface area (Å²) in [5, 5.41) is 11.1. The minimum Gasteiger partial charge on any atom is -0.359 e. The van der Waals surface area contributed by atoms with Crippen LogP contribution in [0, 0.1) is 5.82 Å². The van der Waals surface area contributed by atoms with E-state index in [2.05, 4.69) is 34.6 Å². The first-order chi connectivity index (χ1) is 12.5. The molecule has 2 N–H and O–H groups in total. The summed E-state index contributed by atoms with van der Waals surface area (Å²) in [5.74, 6) is 1.52. The molecule has 1 saturated carbocycles. The zero-order valence-electron chi connectivity index (χ0n) is 15.2. The van der Waals surface area contributed by atoms with Gasteiger partial charge in [0.15, 0.2) is 11.7 Å². The minimum atomic E-state index is -0.253. The van der Waals surface area contributed by atoms with Gasteiger partial charge in [-0.1, -0.05) is 36.7 Å². The number of benzene rings is 1. The Labute approximate surface area is 158 Å². The first kappa shape index (κ1) is 18.7. The lowest BCUT2D eigenvalue weighted by atomic mass is 10.1. The smallest absolute Gasteiger partial charge is 0.191 e. The Balaban J connectivity index is 1.64. The number of halogens is 2. The van der Waals surface area contributed by atoms with Crippen molar-refractivity contribution in [1.29, 1.82) is 0 Å². The van der Waals surface area contributed by atoms with E-state index in [1.54, 1.807) is 12.1 Å². The van der Waals surface area contributed by atoms with Crippen LogP contribution in [0.2, 0.25) is 5.02 Å². The van der Waals surface area contributed by atoms with E-state index in [9.17, 15) is 4.39 Å². The highest BCUT2D eigenvalue weighted by molar-refractivity contribution is 6.31. The van der Waals surface area contributed by atoms with Gasteiger partial charge in [0.05, 0.1) is 5.69 Å². The second kappa shape index (κ2) is 8.08. The minimum absolute atomic E-state index is 0.0605. The van der Waals surface area contributed by atoms with E-state index in [1.165, 1.54) is 6.07 Å². The van der Waals surface area contributed by atoms with Crippen molar-refractivity contribution in [1.82, 2.24) is 15.8 Å². The predicted octanol–water partition coefficient (Wildman–Crippen LogP) is 4.20. The standard InChI is InChI=1S/C19H24ClFN4O/c1-4-22-19(23-10-12-8-16(11(2)3)25-26-12)24-17-9-13(17)18-14(20)6-5-7-15(18)21/h5-8,11,13,17H,4,9-10H2,1-3H3,(H2,22,23,24). The summed E-state index contributed by atoms with van der Waals surface area (Å²) in [6.07, 6.45) is 0.824. The summed E-state index contributed by atoms with van der Waals surface area (Å²) in [7, 11) is 0. The first-order valence-electron chi connectivity index (χ1n) is 8.93. The van der Waals surface area contributed by atoms with Crippen molar-refractivity contribution in [3.63, 3.8) is 0 Å². The van der Waals surface area contributed by atoms with Crippen molar-refractivity contribution in [2.24, 2.45) is 4.99 Å². The van der Waals surface area contributed by atoms with Crippen molar-refractivity contribution >= 4 is 17.6 Å². The zero-order chi connectivity index (χ0) is 18.7. The van der Waals surface area contributed by atoms with Crippen LogP contribution in [0.4, 0.5) is 4.39 Å². The summed E-state index contributed by atoms with van der Waals surface area (Å²) in [4.78, 5) is 4.54. The van der Waals surface area contributed by atoms with E-state index in [0.717, 1.165) is 24.4 Å². The van der Waals surface area contributed by atoms with Crippen LogP contribution in [0.5, 0.6) is 0 Å². The third-order valence-electron chi connectivity index (χ3n) is 4.39. The number of nitrogens with zero attached hydrogens (tertiary/aromatic N) is 2. The van der Waals surface area contributed by atoms with E-state index >= 15 is 0 Å². The van der Waals surface area contributed by atoms with Crippen LogP contribution in [-0.4, -0.2) is 23.7 Å². The molecular formula is C19H24ClFN4O. The normalized spacial score (nSPS) is 19.7. The number of rotatable bonds is 6. The van der Waals surface area contributed by atoms with Crippen LogP contribution in [-0.2, 0) is 6.54 Å². The number of aliphatic imine (C=N–C) groups is 1. The first-order valence-corrected chi connectivity index (χ1v) is 9.31.